The lowest BCUT2D eigenvalue weighted by Gasteiger charge is -2.30. The number of carbonyl (C=O) groups is 1. The molecule has 0 unspecified atom stereocenters. The monoisotopic (exact) mass is 407 g/mol. The molecule has 30 heavy (non-hydrogen) atoms. The number of rotatable bonds is 3. The predicted molar refractivity (Wildman–Crippen MR) is 114 cm³/mol. The quantitative estimate of drug-likeness (QED) is 0.545. The van der Waals surface area contributed by atoms with Crippen LogP contribution in [0, 0.1) is 12.7 Å². The lowest BCUT2D eigenvalue weighted by molar-refractivity contribution is 0.102. The Morgan fingerprint density at radius 3 is 2.80 bits per heavy atom. The van der Waals surface area contributed by atoms with Gasteiger partial charge in [0.25, 0.3) is 5.91 Å². The number of hydrogen-bond acceptors (Lipinski definition) is 5. The molecule has 1 aliphatic heterocycles. The fraction of sp³-hybridized carbons (Fsp3) is 0.286. The Bertz CT molecular complexity index is 1270. The second-order valence-electron chi connectivity index (χ2n) is 7.57. The van der Waals surface area contributed by atoms with E-state index in [2.05, 4.69) is 25.6 Å². The summed E-state index contributed by atoms with van der Waals surface area (Å²) in [5.74, 6) is -0.934. The molecule has 3 aromatic heterocycles. The number of imidazole rings is 1. The van der Waals surface area contributed by atoms with E-state index in [9.17, 15) is 9.18 Å². The van der Waals surface area contributed by atoms with Gasteiger partial charge >= 0.3 is 0 Å². The zero-order chi connectivity index (χ0) is 20.8. The van der Waals surface area contributed by atoms with Crippen LogP contribution >= 0.6 is 0 Å². The van der Waals surface area contributed by atoms with Crippen LogP contribution in [0.2, 0.25) is 0 Å². The fourth-order valence-electron chi connectivity index (χ4n) is 3.99. The molecule has 1 saturated heterocycles. The molecular formula is C21H22FN7O. The van der Waals surface area contributed by atoms with E-state index >= 15 is 0 Å². The van der Waals surface area contributed by atoms with Crippen LogP contribution in [0.25, 0.3) is 16.6 Å². The molecule has 4 aromatic rings. The van der Waals surface area contributed by atoms with Gasteiger partial charge in [-0.05, 0) is 19.1 Å². The molecule has 5 rings (SSSR count). The van der Waals surface area contributed by atoms with Gasteiger partial charge in [-0.25, -0.2) is 9.37 Å². The number of nitrogens with one attached hydrogen (secondary N) is 2. The smallest absolute Gasteiger partial charge is 0.258 e. The molecule has 0 radical (unpaired) electrons. The highest BCUT2D eigenvalue weighted by Crippen LogP contribution is 2.30. The van der Waals surface area contributed by atoms with Gasteiger partial charge < -0.3 is 19.9 Å². The maximum Gasteiger partial charge on any atom is 0.258 e. The number of amides is 1. The van der Waals surface area contributed by atoms with Gasteiger partial charge in [-0.1, -0.05) is 0 Å². The number of nitrogens with zero attached hydrogens (tertiary/aromatic N) is 5. The summed E-state index contributed by atoms with van der Waals surface area (Å²) in [5, 5.41) is 11.5. The minimum atomic E-state index is -0.531. The molecule has 1 aliphatic rings. The standard InChI is InChI=1S/C21H22FN7O/c1-13-10-29-12-17(16(22)9-19(29)24-13)25-21(30)14-3-4-18(28-7-5-23-6-8-28)15-11-27(2)26-20(14)15/h3-4,9-12,23H,5-8H2,1-2H3,(H,25,30). The summed E-state index contributed by atoms with van der Waals surface area (Å²) in [7, 11) is 1.83. The van der Waals surface area contributed by atoms with E-state index in [-0.39, 0.29) is 5.69 Å². The first-order chi connectivity index (χ1) is 14.5. The van der Waals surface area contributed by atoms with Crippen LogP contribution in [-0.4, -0.2) is 51.3 Å². The first kappa shape index (κ1) is 18.6. The fourth-order valence-corrected chi connectivity index (χ4v) is 3.99. The van der Waals surface area contributed by atoms with Crippen LogP contribution in [0.3, 0.4) is 0 Å². The van der Waals surface area contributed by atoms with Crippen molar-refractivity contribution in [1.29, 1.82) is 0 Å². The van der Waals surface area contributed by atoms with Crippen molar-refractivity contribution < 1.29 is 9.18 Å². The summed E-state index contributed by atoms with van der Waals surface area (Å²) in [5.41, 5.74) is 3.43. The maximum atomic E-state index is 14.5. The first-order valence-electron chi connectivity index (χ1n) is 9.88. The van der Waals surface area contributed by atoms with Gasteiger partial charge in [-0.15, -0.1) is 0 Å². The molecule has 1 amide bonds. The van der Waals surface area contributed by atoms with Gasteiger partial charge in [0.1, 0.15) is 11.2 Å². The van der Waals surface area contributed by atoms with E-state index in [1.54, 1.807) is 21.3 Å². The van der Waals surface area contributed by atoms with E-state index in [4.69, 9.17) is 0 Å². The van der Waals surface area contributed by atoms with E-state index in [1.165, 1.54) is 12.3 Å². The number of halogens is 1. The highest BCUT2D eigenvalue weighted by Gasteiger charge is 2.21. The largest absolute Gasteiger partial charge is 0.368 e. The van der Waals surface area contributed by atoms with Crippen LogP contribution in [0.1, 0.15) is 16.1 Å². The molecule has 4 heterocycles. The van der Waals surface area contributed by atoms with Gasteiger partial charge in [0.2, 0.25) is 0 Å². The summed E-state index contributed by atoms with van der Waals surface area (Å²) in [6, 6.07) is 5.02. The number of hydrogen-bond donors (Lipinski definition) is 2. The zero-order valence-electron chi connectivity index (χ0n) is 16.8. The second-order valence-corrected chi connectivity index (χ2v) is 7.57. The molecule has 154 valence electrons. The maximum absolute atomic E-state index is 14.5. The molecule has 2 N–H and O–H groups in total. The van der Waals surface area contributed by atoms with Crippen molar-refractivity contribution in [3.05, 3.63) is 53.9 Å². The molecule has 9 heteroatoms. The van der Waals surface area contributed by atoms with Crippen LogP contribution in [0.4, 0.5) is 15.8 Å². The van der Waals surface area contributed by atoms with E-state index < -0.39 is 11.7 Å². The molecule has 0 aliphatic carbocycles. The topological polar surface area (TPSA) is 79.5 Å². The Labute approximate surface area is 172 Å². The Kier molecular flexibility index (Phi) is 4.39. The van der Waals surface area contributed by atoms with Crippen LogP contribution in [0.5, 0.6) is 0 Å². The lowest BCUT2D eigenvalue weighted by Crippen LogP contribution is -2.43. The summed E-state index contributed by atoms with van der Waals surface area (Å²) in [4.78, 5) is 19.6. The molecule has 0 bridgehead atoms. The molecule has 0 atom stereocenters. The predicted octanol–water partition coefficient (Wildman–Crippen LogP) is 2.33. The third-order valence-corrected chi connectivity index (χ3v) is 5.38. The van der Waals surface area contributed by atoms with Crippen molar-refractivity contribution in [2.75, 3.05) is 36.4 Å². The van der Waals surface area contributed by atoms with Gasteiger partial charge in [-0.2, -0.15) is 5.10 Å². The average Bonchev–Trinajstić information content (AvgIpc) is 3.28. The van der Waals surface area contributed by atoms with Gasteiger partial charge in [-0.3, -0.25) is 9.48 Å². The van der Waals surface area contributed by atoms with Crippen molar-refractivity contribution >= 4 is 33.8 Å². The summed E-state index contributed by atoms with van der Waals surface area (Å²) in [6.45, 7) is 5.45. The molecule has 1 fully saturated rings. The minimum absolute atomic E-state index is 0.0974. The number of piperazine rings is 1. The average molecular weight is 407 g/mol. The Morgan fingerprint density at radius 1 is 1.20 bits per heavy atom. The number of anilines is 2. The Balaban J connectivity index is 1.51. The number of carbonyl (C=O) groups excluding carboxylic acids is 1. The zero-order valence-corrected chi connectivity index (χ0v) is 16.8. The van der Waals surface area contributed by atoms with Gasteiger partial charge in [0.15, 0.2) is 5.82 Å². The molecular weight excluding hydrogens is 385 g/mol. The van der Waals surface area contributed by atoms with Crippen molar-refractivity contribution in [3.63, 3.8) is 0 Å². The summed E-state index contributed by atoms with van der Waals surface area (Å²) >= 11 is 0. The molecule has 0 saturated carbocycles. The van der Waals surface area contributed by atoms with Crippen molar-refractivity contribution in [1.82, 2.24) is 24.5 Å². The van der Waals surface area contributed by atoms with E-state index in [1.807, 2.05) is 26.2 Å². The third kappa shape index (κ3) is 3.17. The van der Waals surface area contributed by atoms with Crippen LogP contribution in [0.15, 0.2) is 36.8 Å². The second kappa shape index (κ2) is 7.10. The number of aryl methyl sites for hydroxylation is 2. The lowest BCUT2D eigenvalue weighted by atomic mass is 10.1. The van der Waals surface area contributed by atoms with Crippen molar-refractivity contribution in [3.8, 4) is 0 Å². The van der Waals surface area contributed by atoms with Gasteiger partial charge in [0, 0.05) is 69.0 Å². The first-order valence-corrected chi connectivity index (χ1v) is 9.88. The SMILES string of the molecule is Cc1cn2cc(NC(=O)c3ccc(N4CCNCC4)c4cn(C)nc34)c(F)cc2n1. The number of aromatic nitrogens is 4. The number of fused-ring (bicyclic) bond motifs is 2. The van der Waals surface area contributed by atoms with Crippen molar-refractivity contribution in [2.24, 2.45) is 7.05 Å². The molecule has 8 nitrogen and oxygen atoms in total. The third-order valence-electron chi connectivity index (χ3n) is 5.38. The Morgan fingerprint density at radius 2 is 2.00 bits per heavy atom. The molecule has 0 spiro atoms. The highest BCUT2D eigenvalue weighted by molar-refractivity contribution is 6.13. The Hall–Kier alpha value is -3.46. The van der Waals surface area contributed by atoms with Crippen molar-refractivity contribution in [2.45, 2.75) is 6.92 Å². The highest BCUT2D eigenvalue weighted by atomic mass is 19.1. The summed E-state index contributed by atoms with van der Waals surface area (Å²) < 4.78 is 17.9. The molecule has 1 aromatic carbocycles. The number of pyridine rings is 1. The van der Waals surface area contributed by atoms with Crippen LogP contribution < -0.4 is 15.5 Å². The normalized spacial score (nSPS) is 14.6. The number of benzene rings is 1. The minimum Gasteiger partial charge on any atom is -0.368 e. The summed E-state index contributed by atoms with van der Waals surface area (Å²) in [6.07, 6.45) is 5.24. The van der Waals surface area contributed by atoms with E-state index in [0.717, 1.165) is 42.9 Å². The van der Waals surface area contributed by atoms with E-state index in [0.29, 0.717) is 16.7 Å². The van der Waals surface area contributed by atoms with Gasteiger partial charge in [0.05, 0.1) is 16.9 Å². The van der Waals surface area contributed by atoms with Crippen LogP contribution in [-0.2, 0) is 7.05 Å².